The smallest absolute Gasteiger partial charge is 0.337 e. The highest BCUT2D eigenvalue weighted by molar-refractivity contribution is 5.99. The summed E-state index contributed by atoms with van der Waals surface area (Å²) in [6.07, 6.45) is 2.89. The van der Waals surface area contributed by atoms with Crippen LogP contribution in [0.5, 0.6) is 0 Å². The molecule has 2 rings (SSSR count). The summed E-state index contributed by atoms with van der Waals surface area (Å²) in [6.45, 7) is 5.09. The highest BCUT2D eigenvalue weighted by atomic mass is 16.5. The lowest BCUT2D eigenvalue weighted by Crippen LogP contribution is -2.11. The number of hydrogen-bond donors (Lipinski definition) is 1. The van der Waals surface area contributed by atoms with Gasteiger partial charge in [0.05, 0.1) is 18.2 Å². The van der Waals surface area contributed by atoms with Gasteiger partial charge in [0.15, 0.2) is 5.78 Å². The van der Waals surface area contributed by atoms with Gasteiger partial charge in [0.25, 0.3) is 0 Å². The third-order valence-electron chi connectivity index (χ3n) is 3.61. The fourth-order valence-corrected chi connectivity index (χ4v) is 2.39. The molecule has 0 aliphatic carbocycles. The molecule has 5 heteroatoms. The van der Waals surface area contributed by atoms with Crippen LogP contribution in [0.4, 0.5) is 5.82 Å². The van der Waals surface area contributed by atoms with Crippen molar-refractivity contribution in [2.75, 3.05) is 19.0 Å². The van der Waals surface area contributed by atoms with Gasteiger partial charge < -0.3 is 14.6 Å². The van der Waals surface area contributed by atoms with Crippen LogP contribution in [-0.4, -0.2) is 30.0 Å². The van der Waals surface area contributed by atoms with Gasteiger partial charge in [-0.15, -0.1) is 0 Å². The minimum Gasteiger partial charge on any atom is -0.465 e. The topological polar surface area (TPSA) is 60.3 Å². The predicted molar refractivity (Wildman–Crippen MR) is 90.1 cm³/mol. The van der Waals surface area contributed by atoms with E-state index in [4.69, 9.17) is 4.74 Å². The number of Topliss-reactive ketones (excluding diaryl/α,β-unsaturated/α-hetero) is 1. The number of ether oxygens (including phenoxy) is 1. The van der Waals surface area contributed by atoms with Crippen molar-refractivity contribution in [3.63, 3.8) is 0 Å². The molecule has 0 unspecified atom stereocenters. The summed E-state index contributed by atoms with van der Waals surface area (Å²) in [5.41, 5.74) is 2.27. The molecule has 23 heavy (non-hydrogen) atoms. The summed E-state index contributed by atoms with van der Waals surface area (Å²) in [6, 6.07) is 9.11. The van der Waals surface area contributed by atoms with Crippen molar-refractivity contribution in [2.24, 2.45) is 0 Å². The molecular weight excluding hydrogens is 292 g/mol. The van der Waals surface area contributed by atoms with E-state index in [1.165, 1.54) is 7.11 Å². The van der Waals surface area contributed by atoms with Crippen LogP contribution in [0.2, 0.25) is 0 Å². The molecule has 0 saturated heterocycles. The number of hydrogen-bond acceptors (Lipinski definition) is 4. The Hall–Kier alpha value is -2.56. The van der Waals surface area contributed by atoms with Crippen LogP contribution in [0.3, 0.4) is 0 Å². The van der Waals surface area contributed by atoms with E-state index in [2.05, 4.69) is 12.2 Å². The third kappa shape index (κ3) is 4.00. The van der Waals surface area contributed by atoms with Crippen molar-refractivity contribution in [2.45, 2.75) is 26.8 Å². The van der Waals surface area contributed by atoms with Gasteiger partial charge in [0.1, 0.15) is 5.82 Å². The van der Waals surface area contributed by atoms with E-state index in [1.54, 1.807) is 19.1 Å². The molecule has 1 aromatic carbocycles. The summed E-state index contributed by atoms with van der Waals surface area (Å²) in [5.74, 6) is 0.543. The minimum absolute atomic E-state index is 0.0448. The normalized spacial score (nSPS) is 10.4. The summed E-state index contributed by atoms with van der Waals surface area (Å²) in [5, 5.41) is 3.32. The van der Waals surface area contributed by atoms with E-state index in [0.717, 1.165) is 24.3 Å². The predicted octanol–water partition coefficient (Wildman–Crippen LogP) is 3.35. The molecule has 2 aromatic rings. The molecule has 0 amide bonds. The maximum Gasteiger partial charge on any atom is 0.337 e. The zero-order valence-corrected chi connectivity index (χ0v) is 13.8. The molecule has 1 heterocycles. The third-order valence-corrected chi connectivity index (χ3v) is 3.61. The molecule has 0 bridgehead atoms. The lowest BCUT2D eigenvalue weighted by atomic mass is 10.1. The number of benzene rings is 1. The van der Waals surface area contributed by atoms with Gasteiger partial charge in [-0.3, -0.25) is 4.79 Å². The Kier molecular flexibility index (Phi) is 5.57. The molecule has 1 aromatic heterocycles. The van der Waals surface area contributed by atoms with Gasteiger partial charge >= 0.3 is 5.97 Å². The second-order valence-electron chi connectivity index (χ2n) is 5.38. The van der Waals surface area contributed by atoms with Crippen LogP contribution in [0.15, 0.2) is 36.5 Å². The fraction of sp³-hybridized carbons (Fsp3) is 0.333. The Morgan fingerprint density at radius 3 is 2.43 bits per heavy atom. The number of ketones is 1. The van der Waals surface area contributed by atoms with Gasteiger partial charge in [-0.25, -0.2) is 4.79 Å². The molecule has 5 nitrogen and oxygen atoms in total. The monoisotopic (exact) mass is 314 g/mol. The Balaban J connectivity index is 2.22. The first-order valence-electron chi connectivity index (χ1n) is 7.68. The number of rotatable bonds is 7. The molecule has 1 N–H and O–H groups in total. The molecule has 0 aliphatic heterocycles. The number of nitrogens with zero attached hydrogens (tertiary/aromatic N) is 1. The molecule has 122 valence electrons. The van der Waals surface area contributed by atoms with Crippen molar-refractivity contribution in [1.82, 2.24) is 4.57 Å². The molecule has 0 radical (unpaired) electrons. The van der Waals surface area contributed by atoms with Gasteiger partial charge in [-0.05, 0) is 37.1 Å². The Bertz CT molecular complexity index is 687. The SMILES string of the molecule is CCCNc1c(C(C)=O)ccn1Cc1ccc(C(=O)OC)cc1. The highest BCUT2D eigenvalue weighted by Crippen LogP contribution is 2.20. The van der Waals surface area contributed by atoms with Crippen molar-refractivity contribution >= 4 is 17.6 Å². The van der Waals surface area contributed by atoms with E-state index in [0.29, 0.717) is 17.7 Å². The van der Waals surface area contributed by atoms with Gasteiger partial charge in [-0.2, -0.15) is 0 Å². The number of carbonyl (C=O) groups is 2. The summed E-state index contributed by atoms with van der Waals surface area (Å²) in [7, 11) is 1.37. The fourth-order valence-electron chi connectivity index (χ4n) is 2.39. The zero-order chi connectivity index (χ0) is 16.8. The average molecular weight is 314 g/mol. The van der Waals surface area contributed by atoms with E-state index >= 15 is 0 Å². The van der Waals surface area contributed by atoms with Crippen LogP contribution < -0.4 is 5.32 Å². The Morgan fingerprint density at radius 1 is 1.17 bits per heavy atom. The maximum atomic E-state index is 11.7. The lowest BCUT2D eigenvalue weighted by molar-refractivity contribution is 0.0600. The largest absolute Gasteiger partial charge is 0.465 e. The van der Waals surface area contributed by atoms with Crippen molar-refractivity contribution in [1.29, 1.82) is 0 Å². The van der Waals surface area contributed by atoms with Crippen LogP contribution in [0.25, 0.3) is 0 Å². The quantitative estimate of drug-likeness (QED) is 0.629. The van der Waals surface area contributed by atoms with Crippen molar-refractivity contribution < 1.29 is 14.3 Å². The number of carbonyl (C=O) groups excluding carboxylic acids is 2. The van der Waals surface area contributed by atoms with E-state index < -0.39 is 0 Å². The van der Waals surface area contributed by atoms with E-state index in [1.807, 2.05) is 29.0 Å². The number of methoxy groups -OCH3 is 1. The van der Waals surface area contributed by atoms with Crippen LogP contribution in [0.1, 0.15) is 46.5 Å². The second kappa shape index (κ2) is 7.63. The van der Waals surface area contributed by atoms with Crippen LogP contribution >= 0.6 is 0 Å². The van der Waals surface area contributed by atoms with Gasteiger partial charge in [0.2, 0.25) is 0 Å². The molecular formula is C18H22N2O3. The highest BCUT2D eigenvalue weighted by Gasteiger charge is 2.13. The van der Waals surface area contributed by atoms with Crippen LogP contribution in [-0.2, 0) is 11.3 Å². The maximum absolute atomic E-state index is 11.7. The summed E-state index contributed by atoms with van der Waals surface area (Å²) in [4.78, 5) is 23.2. The van der Waals surface area contributed by atoms with Crippen molar-refractivity contribution in [3.8, 4) is 0 Å². The zero-order valence-electron chi connectivity index (χ0n) is 13.8. The number of nitrogens with one attached hydrogen (secondary N) is 1. The number of anilines is 1. The Morgan fingerprint density at radius 2 is 1.87 bits per heavy atom. The van der Waals surface area contributed by atoms with Gasteiger partial charge in [-0.1, -0.05) is 19.1 Å². The minimum atomic E-state index is -0.346. The first-order chi connectivity index (χ1) is 11.1. The van der Waals surface area contributed by atoms with E-state index in [-0.39, 0.29) is 11.8 Å². The Labute approximate surface area is 136 Å². The van der Waals surface area contributed by atoms with Gasteiger partial charge in [0, 0.05) is 19.3 Å². The van der Waals surface area contributed by atoms with E-state index in [9.17, 15) is 9.59 Å². The van der Waals surface area contributed by atoms with Crippen molar-refractivity contribution in [3.05, 3.63) is 53.2 Å². The average Bonchev–Trinajstić information content (AvgIpc) is 2.95. The summed E-state index contributed by atoms with van der Waals surface area (Å²) < 4.78 is 6.71. The molecule has 0 saturated carbocycles. The lowest BCUT2D eigenvalue weighted by Gasteiger charge is -2.13. The first-order valence-corrected chi connectivity index (χ1v) is 7.68. The second-order valence-corrected chi connectivity index (χ2v) is 5.38. The first kappa shape index (κ1) is 16.8. The molecule has 0 spiro atoms. The summed E-state index contributed by atoms with van der Waals surface area (Å²) >= 11 is 0. The standard InChI is InChI=1S/C18H22N2O3/c1-4-10-19-17-16(13(2)21)9-11-20(17)12-14-5-7-15(8-6-14)18(22)23-3/h5-9,11,19H,4,10,12H2,1-3H3. The molecule has 0 aliphatic rings. The molecule has 0 fully saturated rings. The molecule has 0 atom stereocenters. The number of esters is 1. The van der Waals surface area contributed by atoms with Crippen LogP contribution in [0, 0.1) is 0 Å². The number of aromatic nitrogens is 1.